The van der Waals surface area contributed by atoms with Crippen molar-refractivity contribution in [3.8, 4) is 0 Å². The van der Waals surface area contributed by atoms with Crippen LogP contribution in [0.2, 0.25) is 5.02 Å². The van der Waals surface area contributed by atoms with Crippen molar-refractivity contribution in [2.24, 2.45) is 0 Å². The van der Waals surface area contributed by atoms with Gasteiger partial charge in [-0.25, -0.2) is 9.97 Å². The zero-order valence-corrected chi connectivity index (χ0v) is 17.7. The monoisotopic (exact) mass is 441 g/mol. The van der Waals surface area contributed by atoms with Gasteiger partial charge in [0.2, 0.25) is 11.8 Å². The Morgan fingerprint density at radius 1 is 1.13 bits per heavy atom. The van der Waals surface area contributed by atoms with Crippen LogP contribution < -0.4 is 5.73 Å². The second-order valence-electron chi connectivity index (χ2n) is 6.98. The van der Waals surface area contributed by atoms with E-state index >= 15 is 0 Å². The molecule has 2 N–H and O–H groups in total. The van der Waals surface area contributed by atoms with E-state index in [0.717, 1.165) is 21.4 Å². The molecule has 9 heteroatoms. The quantitative estimate of drug-likeness (QED) is 0.612. The lowest BCUT2D eigenvalue weighted by Gasteiger charge is -2.34. The molecule has 0 aliphatic carbocycles. The normalized spacial score (nSPS) is 14.4. The van der Waals surface area contributed by atoms with Crippen molar-refractivity contribution < 1.29 is 9.59 Å². The molecule has 2 aromatic carbocycles. The van der Waals surface area contributed by atoms with Crippen molar-refractivity contribution in [3.63, 3.8) is 0 Å². The lowest BCUT2D eigenvalue weighted by atomic mass is 10.1. The number of aromatic nitrogens is 2. The molecular formula is C21H20ClN5O2S. The summed E-state index contributed by atoms with van der Waals surface area (Å²) >= 11 is 7.32. The first-order chi connectivity index (χ1) is 14.5. The summed E-state index contributed by atoms with van der Waals surface area (Å²) in [5.74, 6) is 0.626. The third kappa shape index (κ3) is 4.66. The highest BCUT2D eigenvalue weighted by molar-refractivity contribution is 8.00. The fourth-order valence-electron chi connectivity index (χ4n) is 3.30. The number of hydrogen-bond donors (Lipinski definition) is 1. The van der Waals surface area contributed by atoms with E-state index in [2.05, 4.69) is 9.97 Å². The van der Waals surface area contributed by atoms with Crippen molar-refractivity contribution in [3.05, 3.63) is 59.4 Å². The third-order valence-corrected chi connectivity index (χ3v) is 6.20. The predicted octanol–water partition coefficient (Wildman–Crippen LogP) is 2.83. The Balaban J connectivity index is 1.33. The van der Waals surface area contributed by atoms with E-state index < -0.39 is 0 Å². The molecule has 7 nitrogen and oxygen atoms in total. The van der Waals surface area contributed by atoms with Crippen LogP contribution in [0.1, 0.15) is 5.56 Å². The lowest BCUT2D eigenvalue weighted by Crippen LogP contribution is -2.52. The Kier molecular flexibility index (Phi) is 6.06. The summed E-state index contributed by atoms with van der Waals surface area (Å²) in [5.41, 5.74) is 7.58. The Morgan fingerprint density at radius 3 is 2.70 bits per heavy atom. The lowest BCUT2D eigenvalue weighted by molar-refractivity contribution is -0.144. The van der Waals surface area contributed by atoms with Crippen LogP contribution in [0, 0.1) is 0 Å². The summed E-state index contributed by atoms with van der Waals surface area (Å²) in [5, 5.41) is 1.45. The van der Waals surface area contributed by atoms with Crippen molar-refractivity contribution in [2.45, 2.75) is 11.4 Å². The van der Waals surface area contributed by atoms with Gasteiger partial charge >= 0.3 is 0 Å². The highest BCUT2D eigenvalue weighted by atomic mass is 35.5. The van der Waals surface area contributed by atoms with Gasteiger partial charge in [0.1, 0.15) is 12.1 Å². The largest absolute Gasteiger partial charge is 0.383 e. The number of amides is 2. The number of thioether (sulfide) groups is 1. The third-order valence-electron chi connectivity index (χ3n) is 4.95. The fraction of sp³-hybridized carbons (Fsp3) is 0.238. The number of rotatable bonds is 5. The average Bonchev–Trinajstić information content (AvgIpc) is 2.74. The molecular weight excluding hydrogens is 422 g/mol. The number of nitrogen functional groups attached to an aromatic ring is 1. The van der Waals surface area contributed by atoms with E-state index in [-0.39, 0.29) is 18.4 Å². The molecule has 0 saturated carbocycles. The maximum atomic E-state index is 12.6. The average molecular weight is 442 g/mol. The van der Waals surface area contributed by atoms with Crippen molar-refractivity contribution in [1.29, 1.82) is 0 Å². The van der Waals surface area contributed by atoms with Crippen LogP contribution in [0.5, 0.6) is 0 Å². The van der Waals surface area contributed by atoms with Crippen LogP contribution in [-0.2, 0) is 16.1 Å². The molecule has 1 saturated heterocycles. The van der Waals surface area contributed by atoms with Gasteiger partial charge in [-0.2, -0.15) is 0 Å². The highest BCUT2D eigenvalue weighted by Gasteiger charge is 2.27. The van der Waals surface area contributed by atoms with Gasteiger partial charge in [0.05, 0.1) is 17.8 Å². The minimum Gasteiger partial charge on any atom is -0.383 e. The van der Waals surface area contributed by atoms with E-state index in [1.807, 2.05) is 30.3 Å². The van der Waals surface area contributed by atoms with Crippen LogP contribution in [0.15, 0.2) is 53.7 Å². The highest BCUT2D eigenvalue weighted by Crippen LogP contribution is 2.22. The first kappa shape index (κ1) is 20.4. The Bertz CT molecular complexity index is 1090. The number of carbonyl (C=O) groups is 2. The first-order valence-electron chi connectivity index (χ1n) is 9.42. The van der Waals surface area contributed by atoms with Gasteiger partial charge in [-0.1, -0.05) is 17.7 Å². The van der Waals surface area contributed by atoms with E-state index in [1.54, 1.807) is 21.9 Å². The number of piperazine rings is 1. The fourth-order valence-corrected chi connectivity index (χ4v) is 4.23. The number of anilines is 1. The summed E-state index contributed by atoms with van der Waals surface area (Å²) in [6.45, 7) is 1.59. The van der Waals surface area contributed by atoms with Crippen molar-refractivity contribution in [2.75, 3.05) is 31.1 Å². The molecule has 1 aliphatic rings. The zero-order valence-electron chi connectivity index (χ0n) is 16.1. The van der Waals surface area contributed by atoms with Crippen molar-refractivity contribution in [1.82, 2.24) is 19.8 Å². The summed E-state index contributed by atoms with van der Waals surface area (Å²) in [7, 11) is 0. The molecule has 1 aromatic heterocycles. The molecule has 0 atom stereocenters. The molecule has 2 heterocycles. The molecule has 0 radical (unpaired) electrons. The molecule has 30 heavy (non-hydrogen) atoms. The van der Waals surface area contributed by atoms with Gasteiger partial charge in [0.15, 0.2) is 0 Å². The number of fused-ring (bicyclic) bond motifs is 1. The molecule has 0 spiro atoms. The van der Waals surface area contributed by atoms with Crippen LogP contribution >= 0.6 is 23.4 Å². The number of carbonyl (C=O) groups excluding carboxylic acids is 2. The van der Waals surface area contributed by atoms with E-state index in [4.69, 9.17) is 17.3 Å². The topological polar surface area (TPSA) is 92.4 Å². The number of nitrogens with two attached hydrogens (primary N) is 1. The second-order valence-corrected chi connectivity index (χ2v) is 8.47. The molecule has 1 aliphatic heterocycles. The number of benzene rings is 2. The molecule has 4 rings (SSSR count). The maximum Gasteiger partial charge on any atom is 0.242 e. The van der Waals surface area contributed by atoms with Crippen LogP contribution in [0.3, 0.4) is 0 Å². The minimum atomic E-state index is -0.0617. The van der Waals surface area contributed by atoms with Gasteiger partial charge in [-0.15, -0.1) is 11.8 Å². The Hall–Kier alpha value is -2.84. The van der Waals surface area contributed by atoms with Crippen LogP contribution in [-0.4, -0.2) is 57.0 Å². The number of hydrogen-bond acceptors (Lipinski definition) is 6. The standard InChI is InChI=1S/C21H20ClN5O2S/c22-15-2-4-16(5-3-15)30-12-20(29)27-8-7-26(19(28)11-27)10-14-1-6-17-18(9-14)24-13-25-21(17)23/h1-6,9,13H,7-8,10-12H2,(H2,23,24,25). The number of nitrogens with zero attached hydrogens (tertiary/aromatic N) is 4. The Morgan fingerprint density at radius 2 is 1.93 bits per heavy atom. The minimum absolute atomic E-state index is 0.0409. The summed E-state index contributed by atoms with van der Waals surface area (Å²) in [4.78, 5) is 37.7. The van der Waals surface area contributed by atoms with Gasteiger partial charge in [-0.05, 0) is 42.0 Å². The van der Waals surface area contributed by atoms with Gasteiger partial charge < -0.3 is 15.5 Å². The van der Waals surface area contributed by atoms with Gasteiger partial charge in [0, 0.05) is 34.9 Å². The second kappa shape index (κ2) is 8.89. The predicted molar refractivity (Wildman–Crippen MR) is 118 cm³/mol. The van der Waals surface area contributed by atoms with Crippen molar-refractivity contribution >= 4 is 51.9 Å². The maximum absolute atomic E-state index is 12.6. The molecule has 2 amide bonds. The van der Waals surface area contributed by atoms with Gasteiger partial charge in [0.25, 0.3) is 0 Å². The zero-order chi connectivity index (χ0) is 21.1. The van der Waals surface area contributed by atoms with E-state index in [1.165, 1.54) is 18.1 Å². The summed E-state index contributed by atoms with van der Waals surface area (Å²) in [6, 6.07) is 13.1. The van der Waals surface area contributed by atoms with Gasteiger partial charge in [-0.3, -0.25) is 9.59 Å². The summed E-state index contributed by atoms with van der Waals surface area (Å²) in [6.07, 6.45) is 1.43. The van der Waals surface area contributed by atoms with Crippen LogP contribution in [0.4, 0.5) is 5.82 Å². The molecule has 0 unspecified atom stereocenters. The molecule has 154 valence electrons. The van der Waals surface area contributed by atoms with Crippen LogP contribution in [0.25, 0.3) is 10.9 Å². The Labute approximate surface area is 183 Å². The first-order valence-corrected chi connectivity index (χ1v) is 10.8. The smallest absolute Gasteiger partial charge is 0.242 e. The summed E-state index contributed by atoms with van der Waals surface area (Å²) < 4.78 is 0. The molecule has 1 fully saturated rings. The van der Waals surface area contributed by atoms with E-state index in [0.29, 0.717) is 36.2 Å². The van der Waals surface area contributed by atoms with E-state index in [9.17, 15) is 9.59 Å². The molecule has 3 aromatic rings. The SMILES string of the molecule is Nc1ncnc2cc(CN3CCN(C(=O)CSc4ccc(Cl)cc4)CC3=O)ccc12. The molecule has 0 bridgehead atoms. The number of halogens is 1.